The molecule has 0 bridgehead atoms. The van der Waals surface area contributed by atoms with Gasteiger partial charge in [0.25, 0.3) is 0 Å². The molecular weight excluding hydrogens is 312 g/mol. The van der Waals surface area contributed by atoms with Crippen molar-refractivity contribution in [2.75, 3.05) is 13.1 Å². The van der Waals surface area contributed by atoms with Crippen LogP contribution in [-0.2, 0) is 20.0 Å². The van der Waals surface area contributed by atoms with Crippen LogP contribution in [0.15, 0.2) is 41.7 Å². The number of aliphatic imine (C=N–C) groups is 1. The van der Waals surface area contributed by atoms with E-state index in [0.29, 0.717) is 6.54 Å². The van der Waals surface area contributed by atoms with Crippen LogP contribution in [0.3, 0.4) is 0 Å². The third kappa shape index (κ3) is 4.02. The molecule has 0 spiro atoms. The summed E-state index contributed by atoms with van der Waals surface area (Å²) in [5, 5.41) is 12.2. The van der Waals surface area contributed by atoms with Crippen molar-refractivity contribution in [3.63, 3.8) is 0 Å². The van der Waals surface area contributed by atoms with E-state index in [1.807, 2.05) is 17.8 Å². The van der Waals surface area contributed by atoms with E-state index in [1.54, 1.807) is 6.20 Å². The molecule has 3 N–H and O–H groups in total. The van der Waals surface area contributed by atoms with Gasteiger partial charge in [0, 0.05) is 43.4 Å². The van der Waals surface area contributed by atoms with Crippen LogP contribution in [0.25, 0.3) is 10.9 Å². The van der Waals surface area contributed by atoms with Gasteiger partial charge in [-0.1, -0.05) is 12.1 Å². The maximum Gasteiger partial charge on any atom is 0.191 e. The van der Waals surface area contributed by atoms with Crippen molar-refractivity contribution >= 4 is 16.9 Å². The van der Waals surface area contributed by atoms with E-state index in [9.17, 15) is 0 Å². The fourth-order valence-corrected chi connectivity index (χ4v) is 3.02. The predicted molar refractivity (Wildman–Crippen MR) is 103 cm³/mol. The van der Waals surface area contributed by atoms with Crippen LogP contribution < -0.4 is 10.6 Å². The third-order valence-corrected chi connectivity index (χ3v) is 4.35. The van der Waals surface area contributed by atoms with Crippen molar-refractivity contribution < 1.29 is 0 Å². The third-order valence-electron chi connectivity index (χ3n) is 4.35. The summed E-state index contributed by atoms with van der Waals surface area (Å²) < 4.78 is 1.85. The summed E-state index contributed by atoms with van der Waals surface area (Å²) in [6.45, 7) is 6.51. The van der Waals surface area contributed by atoms with Crippen molar-refractivity contribution in [2.45, 2.75) is 26.8 Å². The quantitative estimate of drug-likeness (QED) is 0.478. The normalized spacial score (nSPS) is 11.9. The average Bonchev–Trinajstić information content (AvgIpc) is 3.20. The number of aromatic nitrogens is 3. The Bertz CT molecular complexity index is 858. The van der Waals surface area contributed by atoms with Gasteiger partial charge in [-0.2, -0.15) is 5.10 Å². The van der Waals surface area contributed by atoms with E-state index in [0.717, 1.165) is 31.2 Å². The summed E-state index contributed by atoms with van der Waals surface area (Å²) in [7, 11) is 1.94. The first-order valence-electron chi connectivity index (χ1n) is 8.73. The van der Waals surface area contributed by atoms with Crippen LogP contribution in [0.2, 0.25) is 0 Å². The summed E-state index contributed by atoms with van der Waals surface area (Å²) >= 11 is 0. The number of benzene rings is 1. The molecule has 0 saturated heterocycles. The van der Waals surface area contributed by atoms with Crippen molar-refractivity contribution in [1.29, 1.82) is 0 Å². The lowest BCUT2D eigenvalue weighted by Gasteiger charge is -2.11. The highest BCUT2D eigenvalue weighted by molar-refractivity contribution is 5.86. The molecular formula is C19H26N6. The molecule has 0 fully saturated rings. The predicted octanol–water partition coefficient (Wildman–Crippen LogP) is 2.51. The first kappa shape index (κ1) is 17.1. The molecule has 0 aliphatic heterocycles. The molecule has 6 nitrogen and oxygen atoms in total. The van der Waals surface area contributed by atoms with Crippen molar-refractivity contribution in [3.8, 4) is 0 Å². The van der Waals surface area contributed by atoms with Crippen LogP contribution in [0, 0.1) is 6.92 Å². The second kappa shape index (κ2) is 7.88. The van der Waals surface area contributed by atoms with E-state index in [4.69, 9.17) is 0 Å². The SMILES string of the molecule is CCNC(=NCc1ccnn1C)NCCc1c[nH]c2cccc(C)c12. The molecule has 2 heterocycles. The molecule has 0 aliphatic carbocycles. The Morgan fingerprint density at radius 1 is 1.28 bits per heavy atom. The molecule has 3 aromatic rings. The molecule has 25 heavy (non-hydrogen) atoms. The second-order valence-corrected chi connectivity index (χ2v) is 6.13. The maximum atomic E-state index is 4.64. The summed E-state index contributed by atoms with van der Waals surface area (Å²) in [6, 6.07) is 8.36. The summed E-state index contributed by atoms with van der Waals surface area (Å²) in [4.78, 5) is 8.00. The van der Waals surface area contributed by atoms with Gasteiger partial charge < -0.3 is 15.6 Å². The van der Waals surface area contributed by atoms with Gasteiger partial charge in [0.2, 0.25) is 0 Å². The number of hydrogen-bond acceptors (Lipinski definition) is 2. The fourth-order valence-electron chi connectivity index (χ4n) is 3.02. The van der Waals surface area contributed by atoms with Gasteiger partial charge in [0.05, 0.1) is 12.2 Å². The highest BCUT2D eigenvalue weighted by atomic mass is 15.3. The largest absolute Gasteiger partial charge is 0.361 e. The minimum Gasteiger partial charge on any atom is -0.361 e. The minimum atomic E-state index is 0.609. The number of nitrogens with one attached hydrogen (secondary N) is 3. The summed E-state index contributed by atoms with van der Waals surface area (Å²) in [6.07, 6.45) is 4.85. The van der Waals surface area contributed by atoms with Gasteiger partial charge in [-0.25, -0.2) is 4.99 Å². The second-order valence-electron chi connectivity index (χ2n) is 6.13. The highest BCUT2D eigenvalue weighted by Gasteiger charge is 2.06. The van der Waals surface area contributed by atoms with Crippen LogP contribution in [0.4, 0.5) is 0 Å². The summed E-state index contributed by atoms with van der Waals surface area (Å²) in [5.41, 5.74) is 4.94. The van der Waals surface area contributed by atoms with E-state index in [1.165, 1.54) is 22.0 Å². The zero-order valence-corrected chi connectivity index (χ0v) is 15.1. The van der Waals surface area contributed by atoms with Crippen LogP contribution in [0.5, 0.6) is 0 Å². The number of nitrogens with zero attached hydrogens (tertiary/aromatic N) is 3. The van der Waals surface area contributed by atoms with E-state index in [-0.39, 0.29) is 0 Å². The zero-order chi connectivity index (χ0) is 17.6. The Balaban J connectivity index is 1.62. The number of aromatic amines is 1. The number of fused-ring (bicyclic) bond motifs is 1. The number of hydrogen-bond donors (Lipinski definition) is 3. The Hall–Kier alpha value is -2.76. The average molecular weight is 338 g/mol. The van der Waals surface area contributed by atoms with E-state index >= 15 is 0 Å². The number of aryl methyl sites for hydroxylation is 2. The smallest absolute Gasteiger partial charge is 0.191 e. The van der Waals surface area contributed by atoms with E-state index < -0.39 is 0 Å². The van der Waals surface area contributed by atoms with Crippen LogP contribution >= 0.6 is 0 Å². The maximum absolute atomic E-state index is 4.64. The first-order valence-corrected chi connectivity index (χ1v) is 8.73. The molecule has 1 aromatic carbocycles. The molecule has 0 saturated carbocycles. The fraction of sp³-hybridized carbons (Fsp3) is 0.368. The Kier molecular flexibility index (Phi) is 5.38. The molecule has 3 rings (SSSR count). The van der Waals surface area contributed by atoms with Gasteiger partial charge in [-0.05, 0) is 43.5 Å². The lowest BCUT2D eigenvalue weighted by molar-refractivity contribution is 0.707. The summed E-state index contributed by atoms with van der Waals surface area (Å²) in [5.74, 6) is 0.834. The zero-order valence-electron chi connectivity index (χ0n) is 15.1. The van der Waals surface area contributed by atoms with Gasteiger partial charge in [0.15, 0.2) is 5.96 Å². The molecule has 0 unspecified atom stereocenters. The molecule has 0 amide bonds. The van der Waals surface area contributed by atoms with Gasteiger partial charge in [0.1, 0.15) is 0 Å². The lowest BCUT2D eigenvalue weighted by Crippen LogP contribution is -2.38. The number of guanidine groups is 1. The molecule has 132 valence electrons. The van der Waals surface area contributed by atoms with Crippen molar-refractivity contribution in [3.05, 3.63) is 53.5 Å². The van der Waals surface area contributed by atoms with Crippen LogP contribution in [-0.4, -0.2) is 33.8 Å². The standard InChI is InChI=1S/C19H26N6/c1-4-20-19(23-13-16-9-11-24-25(16)3)21-10-8-15-12-22-17-7-5-6-14(2)18(15)17/h5-7,9,11-12,22H,4,8,10,13H2,1-3H3,(H2,20,21,23). The first-order chi connectivity index (χ1) is 12.2. The van der Waals surface area contributed by atoms with Gasteiger partial charge >= 0.3 is 0 Å². The molecule has 0 atom stereocenters. The molecule has 0 radical (unpaired) electrons. The monoisotopic (exact) mass is 338 g/mol. The van der Waals surface area contributed by atoms with Crippen LogP contribution in [0.1, 0.15) is 23.7 Å². The van der Waals surface area contributed by atoms with E-state index in [2.05, 4.69) is 64.0 Å². The van der Waals surface area contributed by atoms with Gasteiger partial charge in [-0.15, -0.1) is 0 Å². The Labute approximate surface area is 148 Å². The Morgan fingerprint density at radius 3 is 2.92 bits per heavy atom. The Morgan fingerprint density at radius 2 is 2.16 bits per heavy atom. The topological polar surface area (TPSA) is 70.0 Å². The molecule has 2 aromatic heterocycles. The highest BCUT2D eigenvalue weighted by Crippen LogP contribution is 2.22. The molecule has 0 aliphatic rings. The van der Waals surface area contributed by atoms with Crippen molar-refractivity contribution in [2.24, 2.45) is 12.0 Å². The molecule has 6 heteroatoms. The number of rotatable bonds is 6. The van der Waals surface area contributed by atoms with Crippen molar-refractivity contribution in [1.82, 2.24) is 25.4 Å². The lowest BCUT2D eigenvalue weighted by atomic mass is 10.1. The van der Waals surface area contributed by atoms with Gasteiger partial charge in [-0.3, -0.25) is 4.68 Å². The number of H-pyrrole nitrogens is 1. The minimum absolute atomic E-state index is 0.609.